The van der Waals surface area contributed by atoms with E-state index in [0.717, 1.165) is 57.8 Å². The van der Waals surface area contributed by atoms with Crippen LogP contribution in [-0.4, -0.2) is 6.79 Å². The summed E-state index contributed by atoms with van der Waals surface area (Å²) in [5, 5.41) is 2.30. The van der Waals surface area contributed by atoms with Gasteiger partial charge in [0.15, 0.2) is 11.5 Å². The van der Waals surface area contributed by atoms with Crippen LogP contribution < -0.4 is 14.5 Å². The van der Waals surface area contributed by atoms with Gasteiger partial charge in [-0.3, -0.25) is 0 Å². The highest BCUT2D eigenvalue weighted by Crippen LogP contribution is 2.42. The van der Waals surface area contributed by atoms with Gasteiger partial charge in [-0.15, -0.1) is 0 Å². The number of aromatic nitrogens is 1. The van der Waals surface area contributed by atoms with Crippen LogP contribution in [0.4, 0.5) is 0 Å². The van der Waals surface area contributed by atoms with Gasteiger partial charge in [0, 0.05) is 17.9 Å². The SMILES string of the molecule is CCc1cc2c(CC)ccc3[nH+]c4cc5c(cc4c-3c2o1)OCO5. The average Bonchev–Trinajstić information content (AvgIpc) is 3.27. The van der Waals surface area contributed by atoms with E-state index in [1.807, 2.05) is 6.07 Å². The molecule has 3 heterocycles. The van der Waals surface area contributed by atoms with E-state index in [2.05, 4.69) is 43.1 Å². The average molecular weight is 320 g/mol. The highest BCUT2D eigenvalue weighted by atomic mass is 16.7. The standard InChI is InChI=1S/C20H17NO3/c1-3-11-5-6-15-19(20-13(11)7-12(4-2)24-20)14-8-17-18(23-10-22-17)9-16(14)21-15/h5-9H,3-4,10H2,1-2H3/p+1. The van der Waals surface area contributed by atoms with Crippen molar-refractivity contribution in [3.05, 3.63) is 41.7 Å². The van der Waals surface area contributed by atoms with E-state index in [9.17, 15) is 0 Å². The van der Waals surface area contributed by atoms with Gasteiger partial charge in [0.05, 0.1) is 11.5 Å². The van der Waals surface area contributed by atoms with Crippen molar-refractivity contribution in [1.29, 1.82) is 0 Å². The molecule has 4 heteroatoms. The molecule has 120 valence electrons. The third-order valence-corrected chi connectivity index (χ3v) is 4.86. The second-order valence-corrected chi connectivity index (χ2v) is 6.19. The molecule has 0 atom stereocenters. The topological polar surface area (TPSA) is 45.7 Å². The minimum Gasteiger partial charge on any atom is -0.460 e. The smallest absolute Gasteiger partial charge is 0.231 e. The summed E-state index contributed by atoms with van der Waals surface area (Å²) in [5.41, 5.74) is 5.46. The van der Waals surface area contributed by atoms with Crippen molar-refractivity contribution in [3.8, 4) is 22.8 Å². The number of hydrogen-bond donors (Lipinski definition) is 0. The zero-order valence-corrected chi connectivity index (χ0v) is 13.7. The molecule has 1 N–H and O–H groups in total. The molecule has 4 nitrogen and oxygen atoms in total. The fourth-order valence-electron chi connectivity index (χ4n) is 3.60. The summed E-state index contributed by atoms with van der Waals surface area (Å²) >= 11 is 0. The molecule has 0 saturated carbocycles. The lowest BCUT2D eigenvalue weighted by Crippen LogP contribution is -1.98. The lowest BCUT2D eigenvalue weighted by atomic mass is 10.1. The Hall–Kier alpha value is -2.75. The minimum atomic E-state index is 0.282. The normalized spacial score (nSPS) is 13.4. The highest BCUT2D eigenvalue weighted by molar-refractivity contribution is 6.06. The van der Waals surface area contributed by atoms with Crippen molar-refractivity contribution in [2.75, 3.05) is 6.79 Å². The first-order chi connectivity index (χ1) is 11.8. The van der Waals surface area contributed by atoms with Crippen LogP contribution in [0.5, 0.6) is 11.5 Å². The summed E-state index contributed by atoms with van der Waals surface area (Å²) in [4.78, 5) is 3.50. The van der Waals surface area contributed by atoms with Crippen LogP contribution >= 0.6 is 0 Å². The third-order valence-electron chi connectivity index (χ3n) is 4.86. The summed E-state index contributed by atoms with van der Waals surface area (Å²) in [6.45, 7) is 4.58. The summed E-state index contributed by atoms with van der Waals surface area (Å²) in [6, 6.07) is 10.6. The molecule has 0 bridgehead atoms. The molecular formula is C20H18NO3+. The Morgan fingerprint density at radius 2 is 1.79 bits per heavy atom. The van der Waals surface area contributed by atoms with E-state index < -0.39 is 0 Å². The van der Waals surface area contributed by atoms with Crippen molar-refractivity contribution in [3.63, 3.8) is 0 Å². The lowest BCUT2D eigenvalue weighted by molar-refractivity contribution is -0.327. The lowest BCUT2D eigenvalue weighted by Gasteiger charge is -1.95. The van der Waals surface area contributed by atoms with Crippen molar-refractivity contribution >= 4 is 21.9 Å². The van der Waals surface area contributed by atoms with Crippen LogP contribution in [-0.2, 0) is 12.8 Å². The van der Waals surface area contributed by atoms with Crippen molar-refractivity contribution in [2.45, 2.75) is 26.7 Å². The molecule has 3 aliphatic rings. The van der Waals surface area contributed by atoms with E-state index in [0.29, 0.717) is 0 Å². The Balaban J connectivity index is 1.96. The number of benzene rings is 1. The largest absolute Gasteiger partial charge is 0.460 e. The molecule has 1 aliphatic carbocycles. The molecule has 1 aromatic carbocycles. The number of aromatic amines is 1. The van der Waals surface area contributed by atoms with E-state index in [1.54, 1.807) is 0 Å². The summed E-state index contributed by atoms with van der Waals surface area (Å²) < 4.78 is 17.3. The number of hydrogen-bond acceptors (Lipinski definition) is 3. The van der Waals surface area contributed by atoms with Gasteiger partial charge in [0.25, 0.3) is 0 Å². The Labute approximate surface area is 139 Å². The molecule has 1 aromatic heterocycles. The Morgan fingerprint density at radius 3 is 2.58 bits per heavy atom. The summed E-state index contributed by atoms with van der Waals surface area (Å²) in [7, 11) is 0. The maximum atomic E-state index is 6.23. The predicted octanol–water partition coefficient (Wildman–Crippen LogP) is 4.36. The first-order valence-electron chi connectivity index (χ1n) is 8.41. The van der Waals surface area contributed by atoms with Crippen molar-refractivity contribution in [2.24, 2.45) is 0 Å². The molecule has 0 fully saturated rings. The van der Waals surface area contributed by atoms with E-state index in [4.69, 9.17) is 13.9 Å². The Kier molecular flexibility index (Phi) is 2.77. The summed E-state index contributed by atoms with van der Waals surface area (Å²) in [5.74, 6) is 2.60. The minimum absolute atomic E-state index is 0.282. The van der Waals surface area contributed by atoms with Crippen LogP contribution in [0.15, 0.2) is 34.7 Å². The van der Waals surface area contributed by atoms with Gasteiger partial charge in [-0.2, -0.15) is 0 Å². The Bertz CT molecular complexity index is 1060. The zero-order chi connectivity index (χ0) is 16.3. The van der Waals surface area contributed by atoms with Crippen LogP contribution in [0.1, 0.15) is 25.2 Å². The molecule has 5 rings (SSSR count). The fourth-order valence-corrected chi connectivity index (χ4v) is 3.60. The molecular weight excluding hydrogens is 302 g/mol. The van der Waals surface area contributed by atoms with Gasteiger partial charge in [-0.05, 0) is 24.1 Å². The van der Waals surface area contributed by atoms with Gasteiger partial charge in [0.1, 0.15) is 16.9 Å². The van der Waals surface area contributed by atoms with Crippen molar-refractivity contribution < 1.29 is 18.9 Å². The number of H-pyrrole nitrogens is 1. The van der Waals surface area contributed by atoms with Crippen LogP contribution in [0.2, 0.25) is 0 Å². The number of fused-ring (bicyclic) bond motifs is 6. The molecule has 0 amide bonds. The second-order valence-electron chi connectivity index (χ2n) is 6.19. The molecule has 0 spiro atoms. The number of rotatable bonds is 2. The predicted molar refractivity (Wildman–Crippen MR) is 91.8 cm³/mol. The molecule has 24 heavy (non-hydrogen) atoms. The van der Waals surface area contributed by atoms with Crippen molar-refractivity contribution in [1.82, 2.24) is 0 Å². The van der Waals surface area contributed by atoms with Gasteiger partial charge in [0.2, 0.25) is 18.0 Å². The molecule has 0 saturated heterocycles. The quantitative estimate of drug-likeness (QED) is 0.551. The van der Waals surface area contributed by atoms with Crippen LogP contribution in [0.3, 0.4) is 0 Å². The molecule has 0 unspecified atom stereocenters. The maximum Gasteiger partial charge on any atom is 0.231 e. The molecule has 2 aromatic rings. The monoisotopic (exact) mass is 320 g/mol. The second kappa shape index (κ2) is 4.87. The van der Waals surface area contributed by atoms with Gasteiger partial charge in [-0.1, -0.05) is 19.9 Å². The van der Waals surface area contributed by atoms with E-state index >= 15 is 0 Å². The number of aryl methyl sites for hydroxylation is 2. The van der Waals surface area contributed by atoms with E-state index in [1.165, 1.54) is 10.9 Å². The first kappa shape index (κ1) is 13.7. The number of nitrogens with one attached hydrogen (secondary N) is 1. The van der Waals surface area contributed by atoms with Gasteiger partial charge >= 0.3 is 0 Å². The van der Waals surface area contributed by atoms with Gasteiger partial charge < -0.3 is 13.9 Å². The molecule has 0 radical (unpaired) electrons. The van der Waals surface area contributed by atoms with Crippen LogP contribution in [0.25, 0.3) is 33.1 Å². The Morgan fingerprint density at radius 1 is 0.958 bits per heavy atom. The van der Waals surface area contributed by atoms with Crippen LogP contribution in [0, 0.1) is 0 Å². The number of ether oxygens (including phenoxy) is 2. The van der Waals surface area contributed by atoms with Gasteiger partial charge in [-0.25, -0.2) is 4.98 Å². The maximum absolute atomic E-state index is 6.23. The summed E-state index contributed by atoms with van der Waals surface area (Å²) in [6.07, 6.45) is 1.86. The first-order valence-corrected chi connectivity index (χ1v) is 8.41. The molecule has 2 aliphatic heterocycles. The zero-order valence-electron chi connectivity index (χ0n) is 13.7. The highest BCUT2D eigenvalue weighted by Gasteiger charge is 2.27. The van der Waals surface area contributed by atoms with E-state index in [-0.39, 0.29) is 6.79 Å². The fraction of sp³-hybridized carbons (Fsp3) is 0.250. The third kappa shape index (κ3) is 1.77. The number of furan rings is 1.